The molecule has 2 fully saturated rings. The molecular formula is C18H18Cl2N2O6S. The van der Waals surface area contributed by atoms with Gasteiger partial charge in [-0.3, -0.25) is 14.4 Å². The van der Waals surface area contributed by atoms with Crippen molar-refractivity contribution in [1.29, 1.82) is 0 Å². The number of nitrogens with zero attached hydrogens (tertiary/aromatic N) is 1. The second kappa shape index (κ2) is 7.37. The van der Waals surface area contributed by atoms with Crippen molar-refractivity contribution in [2.75, 3.05) is 6.61 Å². The molecule has 29 heavy (non-hydrogen) atoms. The van der Waals surface area contributed by atoms with Crippen LogP contribution < -0.4 is 10.1 Å². The van der Waals surface area contributed by atoms with Crippen LogP contribution in [-0.4, -0.2) is 61.9 Å². The van der Waals surface area contributed by atoms with Crippen LogP contribution in [0.4, 0.5) is 0 Å². The molecule has 3 rings (SSSR count). The molecule has 0 aromatic heterocycles. The molecule has 2 N–H and O–H groups in total. The number of ketones is 1. The lowest BCUT2D eigenvalue weighted by molar-refractivity contribution is -0.172. The lowest BCUT2D eigenvalue weighted by atomic mass is 9.81. The monoisotopic (exact) mass is 460 g/mol. The maximum absolute atomic E-state index is 12.8. The maximum Gasteiger partial charge on any atom is 0.327 e. The maximum atomic E-state index is 12.8. The van der Waals surface area contributed by atoms with E-state index >= 15 is 0 Å². The predicted octanol–water partition coefficient (Wildman–Crippen LogP) is 1.96. The van der Waals surface area contributed by atoms with E-state index in [1.807, 2.05) is 0 Å². The average molecular weight is 461 g/mol. The highest BCUT2D eigenvalue weighted by atomic mass is 35.5. The lowest BCUT2D eigenvalue weighted by Crippen LogP contribution is -2.82. The topological polar surface area (TPSA) is 113 Å². The number of carboxylic acid groups (broad SMARTS) is 1. The van der Waals surface area contributed by atoms with E-state index in [1.165, 1.54) is 36.9 Å². The molecule has 8 nitrogen and oxygen atoms in total. The van der Waals surface area contributed by atoms with E-state index < -0.39 is 51.9 Å². The van der Waals surface area contributed by atoms with E-state index in [4.69, 9.17) is 27.9 Å². The molecule has 1 aromatic rings. The van der Waals surface area contributed by atoms with Crippen LogP contribution in [0.1, 0.15) is 20.8 Å². The molecule has 1 aromatic carbocycles. The Morgan fingerprint density at radius 3 is 2.48 bits per heavy atom. The average Bonchev–Trinajstić information content (AvgIpc) is 2.89. The molecule has 0 aliphatic carbocycles. The number of carbonyl (C=O) groups is 4. The third-order valence-electron chi connectivity index (χ3n) is 4.93. The Balaban J connectivity index is 1.76. The Morgan fingerprint density at radius 2 is 1.93 bits per heavy atom. The van der Waals surface area contributed by atoms with Gasteiger partial charge in [-0.05, 0) is 32.9 Å². The molecule has 0 spiro atoms. The summed E-state index contributed by atoms with van der Waals surface area (Å²) in [6, 6.07) is 3.36. The summed E-state index contributed by atoms with van der Waals surface area (Å²) in [5, 5.41) is 11.7. The second-order valence-corrected chi connectivity index (χ2v) is 9.85. The summed E-state index contributed by atoms with van der Waals surface area (Å²) in [6.07, 6.45) is 0. The van der Waals surface area contributed by atoms with E-state index in [1.54, 1.807) is 13.8 Å². The third-order valence-corrected chi connectivity index (χ3v) is 7.31. The summed E-state index contributed by atoms with van der Waals surface area (Å²) in [5.41, 5.74) is -1.82. The van der Waals surface area contributed by atoms with Crippen molar-refractivity contribution < 1.29 is 29.0 Å². The zero-order valence-corrected chi connectivity index (χ0v) is 18.0. The molecule has 3 atom stereocenters. The highest BCUT2D eigenvalue weighted by Crippen LogP contribution is 2.55. The zero-order chi connectivity index (χ0) is 21.7. The van der Waals surface area contributed by atoms with Crippen LogP contribution in [0.15, 0.2) is 18.2 Å². The predicted molar refractivity (Wildman–Crippen MR) is 107 cm³/mol. The minimum absolute atomic E-state index is 0.249. The number of thioether (sulfide) groups is 1. The number of fused-ring (bicyclic) bond motifs is 1. The lowest BCUT2D eigenvalue weighted by Gasteiger charge is -2.51. The Labute approximate surface area is 180 Å². The van der Waals surface area contributed by atoms with Gasteiger partial charge >= 0.3 is 5.97 Å². The Morgan fingerprint density at radius 1 is 1.28 bits per heavy atom. The van der Waals surface area contributed by atoms with Gasteiger partial charge < -0.3 is 20.1 Å². The van der Waals surface area contributed by atoms with E-state index in [0.717, 1.165) is 4.90 Å². The summed E-state index contributed by atoms with van der Waals surface area (Å²) >= 11 is 12.9. The van der Waals surface area contributed by atoms with Crippen LogP contribution in [0.2, 0.25) is 10.0 Å². The van der Waals surface area contributed by atoms with Crippen molar-refractivity contribution in [1.82, 2.24) is 10.2 Å². The van der Waals surface area contributed by atoms with Gasteiger partial charge in [0.2, 0.25) is 5.54 Å². The molecule has 11 heteroatoms. The Bertz CT molecular complexity index is 924. The molecule has 2 aliphatic heterocycles. The van der Waals surface area contributed by atoms with Crippen LogP contribution in [0.25, 0.3) is 0 Å². The van der Waals surface area contributed by atoms with Gasteiger partial charge in [0.1, 0.15) is 17.2 Å². The highest BCUT2D eigenvalue weighted by molar-refractivity contribution is 8.01. The first-order chi connectivity index (χ1) is 13.4. The standard InChI is InChI=1S/C18H18Cl2N2O6S/c1-8(23)18(15(27)22-13(14(25)26)17(2,3)29-16(18)22)21-12(24)7-28-9-4-5-10(19)11(20)6-9/h4-6,13,16H,7H2,1-3H3,(H,21,24)(H,25,26)/t13-,16+,18-/m0/s1. The van der Waals surface area contributed by atoms with Crippen LogP contribution in [0.3, 0.4) is 0 Å². The van der Waals surface area contributed by atoms with Crippen molar-refractivity contribution in [3.8, 4) is 5.75 Å². The van der Waals surface area contributed by atoms with Gasteiger partial charge in [-0.2, -0.15) is 0 Å². The number of carboxylic acids is 1. The van der Waals surface area contributed by atoms with E-state index in [9.17, 15) is 24.3 Å². The number of nitrogens with one attached hydrogen (secondary N) is 1. The summed E-state index contributed by atoms with van der Waals surface area (Å²) in [7, 11) is 0. The zero-order valence-electron chi connectivity index (χ0n) is 15.7. The number of carbonyl (C=O) groups excluding carboxylic acids is 3. The molecule has 0 radical (unpaired) electrons. The fourth-order valence-corrected chi connectivity index (χ4v) is 5.60. The fourth-order valence-electron chi connectivity index (χ4n) is 3.56. The Kier molecular flexibility index (Phi) is 5.53. The van der Waals surface area contributed by atoms with Crippen molar-refractivity contribution in [3.05, 3.63) is 28.2 Å². The van der Waals surface area contributed by atoms with Gasteiger partial charge in [0, 0.05) is 10.8 Å². The molecule has 2 heterocycles. The van der Waals surface area contributed by atoms with E-state index in [0.29, 0.717) is 5.02 Å². The third kappa shape index (κ3) is 3.45. The first kappa shape index (κ1) is 21.7. The number of aliphatic carboxylic acids is 1. The summed E-state index contributed by atoms with van der Waals surface area (Å²) < 4.78 is 4.52. The van der Waals surface area contributed by atoms with Gasteiger partial charge in [0.15, 0.2) is 12.4 Å². The Hall–Kier alpha value is -1.97. The van der Waals surface area contributed by atoms with E-state index in [-0.39, 0.29) is 10.8 Å². The van der Waals surface area contributed by atoms with Gasteiger partial charge in [-0.1, -0.05) is 23.2 Å². The number of ether oxygens (including phenoxy) is 1. The van der Waals surface area contributed by atoms with Crippen LogP contribution >= 0.6 is 35.0 Å². The number of β-lactam (4-membered cyclic amide) rings is 1. The van der Waals surface area contributed by atoms with Crippen LogP contribution in [0.5, 0.6) is 5.75 Å². The fraction of sp³-hybridized carbons (Fsp3) is 0.444. The number of benzene rings is 1. The number of Topliss-reactive ketones (excluding diaryl/α,β-unsaturated/α-hetero) is 1. The molecule has 2 saturated heterocycles. The SMILES string of the molecule is CC(=O)[C@]1(NC(=O)COc2ccc(Cl)c(Cl)c2)C(=O)N2[C@@H](C(=O)O)C(C)(C)S[C@@H]21. The molecule has 2 amide bonds. The second-order valence-electron chi connectivity index (χ2n) is 7.30. The van der Waals surface area contributed by atoms with Gasteiger partial charge in [-0.25, -0.2) is 4.79 Å². The van der Waals surface area contributed by atoms with Gasteiger partial charge in [0.25, 0.3) is 11.8 Å². The summed E-state index contributed by atoms with van der Waals surface area (Å²) in [5.74, 6) is -2.87. The molecule has 0 saturated carbocycles. The van der Waals surface area contributed by atoms with Crippen molar-refractivity contribution >= 4 is 58.5 Å². The summed E-state index contributed by atoms with van der Waals surface area (Å²) in [4.78, 5) is 50.5. The number of amides is 2. The molecule has 0 unspecified atom stereocenters. The number of hydrogen-bond acceptors (Lipinski definition) is 6. The quantitative estimate of drug-likeness (QED) is 0.492. The minimum atomic E-state index is -1.82. The van der Waals surface area contributed by atoms with Gasteiger partial charge in [0.05, 0.1) is 10.0 Å². The largest absolute Gasteiger partial charge is 0.484 e. The minimum Gasteiger partial charge on any atom is -0.484 e. The molecular weight excluding hydrogens is 443 g/mol. The van der Waals surface area contributed by atoms with Crippen molar-refractivity contribution in [2.45, 2.75) is 42.5 Å². The molecule has 156 valence electrons. The van der Waals surface area contributed by atoms with Crippen LogP contribution in [0, 0.1) is 0 Å². The molecule has 0 bridgehead atoms. The van der Waals surface area contributed by atoms with Gasteiger partial charge in [-0.15, -0.1) is 11.8 Å². The molecule has 2 aliphatic rings. The first-order valence-corrected chi connectivity index (χ1v) is 10.2. The smallest absolute Gasteiger partial charge is 0.327 e. The highest BCUT2D eigenvalue weighted by Gasteiger charge is 2.74. The van der Waals surface area contributed by atoms with Crippen molar-refractivity contribution in [3.63, 3.8) is 0 Å². The number of hydrogen-bond donors (Lipinski definition) is 2. The van der Waals surface area contributed by atoms with Crippen LogP contribution in [-0.2, 0) is 19.2 Å². The summed E-state index contributed by atoms with van der Waals surface area (Å²) in [6.45, 7) is 4.09. The number of rotatable bonds is 6. The van der Waals surface area contributed by atoms with E-state index in [2.05, 4.69) is 5.32 Å². The van der Waals surface area contributed by atoms with Crippen molar-refractivity contribution in [2.24, 2.45) is 0 Å². The normalized spacial score (nSPS) is 27.1. The first-order valence-electron chi connectivity index (χ1n) is 8.55. The number of halogens is 2.